The second-order valence-corrected chi connectivity index (χ2v) is 7.09. The minimum atomic E-state index is -4.51. The van der Waals surface area contributed by atoms with E-state index in [1.54, 1.807) is 11.3 Å². The minimum absolute atomic E-state index is 0.199. The van der Waals surface area contributed by atoms with Gasteiger partial charge in [0, 0.05) is 29.8 Å². The summed E-state index contributed by atoms with van der Waals surface area (Å²) in [6, 6.07) is 4.13. The molecule has 112 valence electrons. The monoisotopic (exact) mass is 305 g/mol. The van der Waals surface area contributed by atoms with Crippen LogP contribution in [0.15, 0.2) is 17.5 Å². The summed E-state index contributed by atoms with van der Waals surface area (Å²) in [6.07, 6.45) is -3.85. The van der Waals surface area contributed by atoms with Crippen molar-refractivity contribution in [2.75, 3.05) is 0 Å². The molecule has 1 heterocycles. The molecule has 0 spiro atoms. The van der Waals surface area contributed by atoms with Crippen molar-refractivity contribution in [1.82, 2.24) is 5.32 Å². The van der Waals surface area contributed by atoms with Gasteiger partial charge in [0.25, 0.3) is 0 Å². The van der Waals surface area contributed by atoms with Crippen molar-refractivity contribution in [2.45, 2.75) is 56.0 Å². The maximum absolute atomic E-state index is 12.5. The van der Waals surface area contributed by atoms with Crippen LogP contribution in [-0.4, -0.2) is 29.0 Å². The minimum Gasteiger partial charge on any atom is -0.380 e. The second-order valence-electron chi connectivity index (χ2n) is 6.11. The van der Waals surface area contributed by atoms with Gasteiger partial charge in [-0.3, -0.25) is 0 Å². The maximum Gasteiger partial charge on any atom is 0.417 e. The van der Waals surface area contributed by atoms with Crippen molar-refractivity contribution in [3.63, 3.8) is 0 Å². The van der Waals surface area contributed by atoms with Gasteiger partial charge in [-0.1, -0.05) is 6.07 Å². The van der Waals surface area contributed by atoms with Crippen molar-refractivity contribution >= 4 is 11.3 Å². The molecule has 0 bridgehead atoms. The molecule has 1 aromatic heterocycles. The van der Waals surface area contributed by atoms with E-state index in [0.717, 1.165) is 6.42 Å². The molecular formula is C14H18F3NOS. The Kier molecular flexibility index (Phi) is 3.38. The average molecular weight is 305 g/mol. The van der Waals surface area contributed by atoms with Gasteiger partial charge < -0.3 is 10.4 Å². The molecule has 1 aromatic rings. The summed E-state index contributed by atoms with van der Waals surface area (Å²) in [5.41, 5.74) is -2.47. The van der Waals surface area contributed by atoms with E-state index >= 15 is 0 Å². The summed E-state index contributed by atoms with van der Waals surface area (Å²) in [5.74, 6) is 1.06. The maximum atomic E-state index is 12.5. The van der Waals surface area contributed by atoms with E-state index in [-0.39, 0.29) is 24.9 Å². The number of alkyl halides is 3. The standard InChI is InChI=1S/C14H18F3NOS/c1-8(10-5-11(10)12-3-2-4-20-12)18-9-6-13(19,7-9)14(15,16)17/h2-4,8-11,18-19H,5-7H2,1H3/t8?,9?,10-,11+,13?/m0/s1. The third-order valence-corrected chi connectivity index (χ3v) is 5.59. The van der Waals surface area contributed by atoms with E-state index in [4.69, 9.17) is 0 Å². The number of nitrogens with one attached hydrogen (secondary N) is 1. The van der Waals surface area contributed by atoms with E-state index in [0.29, 0.717) is 11.8 Å². The van der Waals surface area contributed by atoms with E-state index in [9.17, 15) is 18.3 Å². The largest absolute Gasteiger partial charge is 0.417 e. The van der Waals surface area contributed by atoms with Crippen molar-refractivity contribution in [3.8, 4) is 0 Å². The van der Waals surface area contributed by atoms with Gasteiger partial charge in [0.15, 0.2) is 5.60 Å². The molecule has 0 radical (unpaired) electrons. The van der Waals surface area contributed by atoms with E-state index in [1.165, 1.54) is 4.88 Å². The van der Waals surface area contributed by atoms with Crippen LogP contribution in [0.5, 0.6) is 0 Å². The second kappa shape index (κ2) is 4.71. The van der Waals surface area contributed by atoms with Gasteiger partial charge >= 0.3 is 6.18 Å². The normalized spacial score (nSPS) is 38.4. The Bertz CT molecular complexity index is 467. The summed E-state index contributed by atoms with van der Waals surface area (Å²) in [6.45, 7) is 2.03. The lowest BCUT2D eigenvalue weighted by atomic mass is 9.74. The van der Waals surface area contributed by atoms with Crippen LogP contribution in [0.25, 0.3) is 0 Å². The molecule has 1 unspecified atom stereocenters. The van der Waals surface area contributed by atoms with Gasteiger partial charge in [-0.05, 0) is 36.6 Å². The van der Waals surface area contributed by atoms with Crippen LogP contribution in [0.1, 0.15) is 37.0 Å². The van der Waals surface area contributed by atoms with Gasteiger partial charge in [0.2, 0.25) is 0 Å². The van der Waals surface area contributed by atoms with Gasteiger partial charge in [-0.2, -0.15) is 13.2 Å². The van der Waals surface area contributed by atoms with Crippen LogP contribution in [0, 0.1) is 5.92 Å². The highest BCUT2D eigenvalue weighted by Crippen LogP contribution is 2.52. The quantitative estimate of drug-likeness (QED) is 0.895. The molecule has 2 aliphatic carbocycles. The lowest BCUT2D eigenvalue weighted by molar-refractivity contribution is -0.292. The Morgan fingerprint density at radius 3 is 2.70 bits per heavy atom. The Labute approximate surface area is 120 Å². The number of thiophene rings is 1. The lowest BCUT2D eigenvalue weighted by Gasteiger charge is -2.45. The topological polar surface area (TPSA) is 32.3 Å². The highest BCUT2D eigenvalue weighted by Gasteiger charge is 2.61. The Balaban J connectivity index is 1.47. The summed E-state index contributed by atoms with van der Waals surface area (Å²) in [5, 5.41) is 14.7. The zero-order valence-electron chi connectivity index (χ0n) is 11.2. The Hall–Kier alpha value is -0.590. The third kappa shape index (κ3) is 2.49. The number of aliphatic hydroxyl groups is 1. The van der Waals surface area contributed by atoms with Crippen LogP contribution in [0.3, 0.4) is 0 Å². The first kappa shape index (κ1) is 14.4. The fourth-order valence-corrected chi connectivity index (χ4v) is 4.11. The molecular weight excluding hydrogens is 287 g/mol. The molecule has 0 aliphatic heterocycles. The van der Waals surface area contributed by atoms with E-state index < -0.39 is 11.8 Å². The highest BCUT2D eigenvalue weighted by atomic mass is 32.1. The Morgan fingerprint density at radius 1 is 1.45 bits per heavy atom. The van der Waals surface area contributed by atoms with Gasteiger partial charge in [-0.15, -0.1) is 11.3 Å². The SMILES string of the molecule is CC(NC1CC(O)(C(F)(F)F)C1)[C@@H]1C[C@H]1c1cccs1. The molecule has 2 aliphatic rings. The molecule has 0 saturated heterocycles. The summed E-state index contributed by atoms with van der Waals surface area (Å²) < 4.78 is 37.6. The molecule has 3 atom stereocenters. The molecule has 0 amide bonds. The van der Waals surface area contributed by atoms with Crippen molar-refractivity contribution in [3.05, 3.63) is 22.4 Å². The molecule has 2 fully saturated rings. The number of rotatable bonds is 4. The summed E-state index contributed by atoms with van der Waals surface area (Å²) in [4.78, 5) is 1.36. The molecule has 2 nitrogen and oxygen atoms in total. The molecule has 20 heavy (non-hydrogen) atoms. The molecule has 3 rings (SSSR count). The van der Waals surface area contributed by atoms with E-state index in [1.807, 2.05) is 13.0 Å². The lowest BCUT2D eigenvalue weighted by Crippen LogP contribution is -2.62. The zero-order valence-corrected chi connectivity index (χ0v) is 12.0. The highest BCUT2D eigenvalue weighted by molar-refractivity contribution is 7.10. The average Bonchev–Trinajstić information content (AvgIpc) is 2.92. The Morgan fingerprint density at radius 2 is 2.15 bits per heavy atom. The summed E-state index contributed by atoms with van der Waals surface area (Å²) in [7, 11) is 0. The van der Waals surface area contributed by atoms with Crippen molar-refractivity contribution in [1.29, 1.82) is 0 Å². The van der Waals surface area contributed by atoms with Crippen molar-refractivity contribution < 1.29 is 18.3 Å². The number of halogens is 3. The van der Waals surface area contributed by atoms with Crippen molar-refractivity contribution in [2.24, 2.45) is 5.92 Å². The number of hydrogen-bond donors (Lipinski definition) is 2. The predicted molar refractivity (Wildman–Crippen MR) is 71.8 cm³/mol. The van der Waals surface area contributed by atoms with Gasteiger partial charge in [0.05, 0.1) is 0 Å². The molecule has 0 aromatic carbocycles. The predicted octanol–water partition coefficient (Wildman–Crippen LogP) is 3.29. The smallest absolute Gasteiger partial charge is 0.380 e. The number of hydrogen-bond acceptors (Lipinski definition) is 3. The third-order valence-electron chi connectivity index (χ3n) is 4.59. The zero-order chi connectivity index (χ0) is 14.5. The van der Waals surface area contributed by atoms with E-state index in [2.05, 4.69) is 16.8 Å². The fourth-order valence-electron chi connectivity index (χ4n) is 3.20. The summed E-state index contributed by atoms with van der Waals surface area (Å²) >= 11 is 1.74. The molecule has 6 heteroatoms. The first-order valence-corrected chi connectivity index (χ1v) is 7.77. The molecule has 2 saturated carbocycles. The van der Waals surface area contributed by atoms with Crippen LogP contribution in [0.4, 0.5) is 13.2 Å². The van der Waals surface area contributed by atoms with Crippen LogP contribution < -0.4 is 5.32 Å². The van der Waals surface area contributed by atoms with Crippen LogP contribution >= 0.6 is 11.3 Å². The first-order chi connectivity index (χ1) is 9.30. The fraction of sp³-hybridized carbons (Fsp3) is 0.714. The van der Waals surface area contributed by atoms with Gasteiger partial charge in [-0.25, -0.2) is 0 Å². The van der Waals surface area contributed by atoms with Crippen LogP contribution in [0.2, 0.25) is 0 Å². The van der Waals surface area contributed by atoms with Crippen LogP contribution in [-0.2, 0) is 0 Å². The first-order valence-electron chi connectivity index (χ1n) is 6.89. The molecule has 2 N–H and O–H groups in total. The van der Waals surface area contributed by atoms with Gasteiger partial charge in [0.1, 0.15) is 0 Å².